The van der Waals surface area contributed by atoms with Crippen molar-refractivity contribution in [1.82, 2.24) is 20.1 Å². The number of piperazine rings is 1. The highest BCUT2D eigenvalue weighted by molar-refractivity contribution is 7.80. The van der Waals surface area contributed by atoms with Crippen LogP contribution in [0.4, 0.5) is 11.5 Å². The van der Waals surface area contributed by atoms with E-state index in [2.05, 4.69) is 77.4 Å². The minimum absolute atomic E-state index is 0.681. The number of rotatable bonds is 9. The van der Waals surface area contributed by atoms with Gasteiger partial charge < -0.3 is 25.3 Å². The summed E-state index contributed by atoms with van der Waals surface area (Å²) in [5.41, 5.74) is 2.04. The van der Waals surface area contributed by atoms with Crippen LogP contribution in [0.25, 0.3) is 10.8 Å². The van der Waals surface area contributed by atoms with Crippen molar-refractivity contribution >= 4 is 39.6 Å². The number of aryl methyl sites for hydroxylation is 1. The summed E-state index contributed by atoms with van der Waals surface area (Å²) in [5.74, 6) is 1.03. The fourth-order valence-corrected chi connectivity index (χ4v) is 4.35. The highest BCUT2D eigenvalue weighted by Gasteiger charge is 2.14. The minimum Gasteiger partial charge on any atom is -0.362 e. The van der Waals surface area contributed by atoms with Gasteiger partial charge >= 0.3 is 0 Å². The van der Waals surface area contributed by atoms with Crippen LogP contribution in [-0.4, -0.2) is 79.3 Å². The third-order valence-electron chi connectivity index (χ3n) is 6.07. The number of hydrogen-bond donors (Lipinski definition) is 2. The Morgan fingerprint density at radius 3 is 2.58 bits per heavy atom. The Morgan fingerprint density at radius 1 is 1.13 bits per heavy atom. The summed E-state index contributed by atoms with van der Waals surface area (Å²) in [6, 6.07) is 8.54. The molecular weight excluding hydrogens is 404 g/mol. The summed E-state index contributed by atoms with van der Waals surface area (Å²) in [6.07, 6.45) is 2.21. The van der Waals surface area contributed by atoms with Crippen LogP contribution in [-0.2, 0) is 0 Å². The first-order valence-corrected chi connectivity index (χ1v) is 12.0. The second-order valence-electron chi connectivity index (χ2n) is 8.43. The van der Waals surface area contributed by atoms with Crippen molar-refractivity contribution in [3.8, 4) is 0 Å². The molecule has 1 fully saturated rings. The lowest BCUT2D eigenvalue weighted by Gasteiger charge is -2.34. The molecule has 1 aromatic heterocycles. The molecule has 6 nitrogen and oxygen atoms in total. The zero-order chi connectivity index (χ0) is 22.2. The van der Waals surface area contributed by atoms with Gasteiger partial charge in [0.1, 0.15) is 5.82 Å². The number of fused-ring (bicyclic) bond motifs is 1. The van der Waals surface area contributed by atoms with Crippen LogP contribution in [0.1, 0.15) is 32.4 Å². The second kappa shape index (κ2) is 11.6. The van der Waals surface area contributed by atoms with E-state index in [4.69, 9.17) is 17.2 Å². The average molecular weight is 443 g/mol. The molecule has 0 bridgehead atoms. The van der Waals surface area contributed by atoms with E-state index in [1.165, 1.54) is 31.6 Å². The Balaban J connectivity index is 1.48. The van der Waals surface area contributed by atoms with Gasteiger partial charge in [0, 0.05) is 63.1 Å². The fourth-order valence-electron chi connectivity index (χ4n) is 4.13. The molecule has 1 aliphatic heterocycles. The minimum atomic E-state index is 0.681. The van der Waals surface area contributed by atoms with E-state index in [0.29, 0.717) is 5.11 Å². The van der Waals surface area contributed by atoms with E-state index in [1.807, 2.05) is 0 Å². The topological polar surface area (TPSA) is 46.7 Å². The standard InChI is InChI=1S/C24H38N6S/c1-5-11-28(4)23-17-20-8-9-21(18-22(20)19(3)26-23)27-24(31)25-10-7-12-30-15-13-29(6-2)14-16-30/h8-9,17-18H,5-7,10-16H2,1-4H3,(H2,25,27,31). The zero-order valence-corrected chi connectivity index (χ0v) is 20.4. The molecule has 0 amide bonds. The van der Waals surface area contributed by atoms with E-state index in [9.17, 15) is 0 Å². The Morgan fingerprint density at radius 2 is 1.87 bits per heavy atom. The first kappa shape index (κ1) is 23.7. The largest absolute Gasteiger partial charge is 0.362 e. The normalized spacial score (nSPS) is 15.2. The number of likely N-dealkylation sites (N-methyl/N-ethyl adjacent to an activating group) is 1. The summed E-state index contributed by atoms with van der Waals surface area (Å²) in [4.78, 5) is 12.1. The van der Waals surface area contributed by atoms with Gasteiger partial charge in [0.05, 0.1) is 0 Å². The van der Waals surface area contributed by atoms with Crippen molar-refractivity contribution in [2.24, 2.45) is 0 Å². The predicted molar refractivity (Wildman–Crippen MR) is 137 cm³/mol. The van der Waals surface area contributed by atoms with Gasteiger partial charge in [0.15, 0.2) is 5.11 Å². The maximum absolute atomic E-state index is 5.51. The first-order valence-electron chi connectivity index (χ1n) is 11.6. The first-order chi connectivity index (χ1) is 15.0. The number of anilines is 2. The van der Waals surface area contributed by atoms with Crippen molar-refractivity contribution in [3.05, 3.63) is 30.0 Å². The van der Waals surface area contributed by atoms with E-state index >= 15 is 0 Å². The number of nitrogens with one attached hydrogen (secondary N) is 2. The molecule has 0 saturated carbocycles. The summed E-state index contributed by atoms with van der Waals surface area (Å²) in [6.45, 7) is 15.4. The fraction of sp³-hybridized carbons (Fsp3) is 0.583. The van der Waals surface area contributed by atoms with Gasteiger partial charge in [-0.05, 0) is 68.7 Å². The van der Waals surface area contributed by atoms with E-state index in [-0.39, 0.29) is 0 Å². The van der Waals surface area contributed by atoms with E-state index in [0.717, 1.165) is 61.6 Å². The highest BCUT2D eigenvalue weighted by atomic mass is 32.1. The number of nitrogens with zero attached hydrogens (tertiary/aromatic N) is 4. The van der Waals surface area contributed by atoms with Crippen LogP contribution < -0.4 is 15.5 Å². The average Bonchev–Trinajstić information content (AvgIpc) is 2.77. The number of benzene rings is 1. The monoisotopic (exact) mass is 442 g/mol. The predicted octanol–water partition coefficient (Wildman–Crippen LogP) is 3.70. The lowest BCUT2D eigenvalue weighted by Crippen LogP contribution is -2.46. The molecule has 0 spiro atoms. The smallest absolute Gasteiger partial charge is 0.170 e. The summed E-state index contributed by atoms with van der Waals surface area (Å²) in [5, 5.41) is 9.73. The van der Waals surface area contributed by atoms with E-state index in [1.54, 1.807) is 0 Å². The van der Waals surface area contributed by atoms with Crippen LogP contribution in [0.5, 0.6) is 0 Å². The number of hydrogen-bond acceptors (Lipinski definition) is 5. The van der Waals surface area contributed by atoms with Gasteiger partial charge in [0.2, 0.25) is 0 Å². The van der Waals surface area contributed by atoms with Crippen molar-refractivity contribution in [2.75, 3.05) is 69.6 Å². The van der Waals surface area contributed by atoms with Crippen LogP contribution in [0.15, 0.2) is 24.3 Å². The molecular formula is C24H38N6S. The molecule has 1 aliphatic rings. The van der Waals surface area contributed by atoms with Crippen molar-refractivity contribution in [2.45, 2.75) is 33.6 Å². The third-order valence-corrected chi connectivity index (χ3v) is 6.31. The molecule has 170 valence electrons. The number of aromatic nitrogens is 1. The van der Waals surface area contributed by atoms with Gasteiger partial charge in [-0.15, -0.1) is 0 Å². The molecule has 0 unspecified atom stereocenters. The van der Waals surface area contributed by atoms with Crippen LogP contribution >= 0.6 is 12.2 Å². The SMILES string of the molecule is CCCN(C)c1cc2ccc(NC(=S)NCCCN3CCN(CC)CC3)cc2c(C)n1. The molecule has 0 radical (unpaired) electrons. The molecule has 31 heavy (non-hydrogen) atoms. The van der Waals surface area contributed by atoms with Gasteiger partial charge in [-0.1, -0.05) is 19.9 Å². The molecule has 2 heterocycles. The highest BCUT2D eigenvalue weighted by Crippen LogP contribution is 2.25. The second-order valence-corrected chi connectivity index (χ2v) is 8.84. The maximum Gasteiger partial charge on any atom is 0.170 e. The maximum atomic E-state index is 5.51. The molecule has 0 atom stereocenters. The Kier molecular flexibility index (Phi) is 8.87. The lowest BCUT2D eigenvalue weighted by atomic mass is 10.1. The van der Waals surface area contributed by atoms with Gasteiger partial charge in [-0.25, -0.2) is 4.98 Å². The van der Waals surface area contributed by atoms with Crippen LogP contribution in [0, 0.1) is 6.92 Å². The zero-order valence-electron chi connectivity index (χ0n) is 19.6. The van der Waals surface area contributed by atoms with Crippen molar-refractivity contribution in [3.63, 3.8) is 0 Å². The molecule has 2 aromatic rings. The molecule has 0 aliphatic carbocycles. The summed E-state index contributed by atoms with van der Waals surface area (Å²) < 4.78 is 0. The molecule has 3 rings (SSSR count). The molecule has 7 heteroatoms. The van der Waals surface area contributed by atoms with Crippen molar-refractivity contribution in [1.29, 1.82) is 0 Å². The summed E-state index contributed by atoms with van der Waals surface area (Å²) >= 11 is 5.51. The third kappa shape index (κ3) is 6.76. The van der Waals surface area contributed by atoms with Crippen LogP contribution in [0.2, 0.25) is 0 Å². The van der Waals surface area contributed by atoms with Crippen LogP contribution in [0.3, 0.4) is 0 Å². The quantitative estimate of drug-likeness (QED) is 0.453. The van der Waals surface area contributed by atoms with E-state index < -0.39 is 0 Å². The summed E-state index contributed by atoms with van der Waals surface area (Å²) in [7, 11) is 2.10. The Labute approximate surface area is 193 Å². The molecule has 1 saturated heterocycles. The molecule has 2 N–H and O–H groups in total. The van der Waals surface area contributed by atoms with Gasteiger partial charge in [-0.2, -0.15) is 0 Å². The van der Waals surface area contributed by atoms with Gasteiger partial charge in [-0.3, -0.25) is 0 Å². The number of thiocarbonyl (C=S) groups is 1. The number of pyridine rings is 1. The lowest BCUT2D eigenvalue weighted by molar-refractivity contribution is 0.136. The Hall–Kier alpha value is -1.96. The molecule has 1 aromatic carbocycles. The Bertz CT molecular complexity index is 863. The van der Waals surface area contributed by atoms with Crippen molar-refractivity contribution < 1.29 is 0 Å². The van der Waals surface area contributed by atoms with Gasteiger partial charge in [0.25, 0.3) is 0 Å².